The summed E-state index contributed by atoms with van der Waals surface area (Å²) in [5.41, 5.74) is -0.0885. The first-order valence-electron chi connectivity index (χ1n) is 8.50. The molecule has 0 aromatic heterocycles. The average molecular weight is 314 g/mol. The Balaban J connectivity index is 4.26. The van der Waals surface area contributed by atoms with Gasteiger partial charge in [-0.1, -0.05) is 54.9 Å². The van der Waals surface area contributed by atoms with E-state index in [1.165, 1.54) is 0 Å². The normalized spacial score (nSPS) is 14.5. The third-order valence-electron chi connectivity index (χ3n) is 3.74. The highest BCUT2D eigenvalue weighted by atomic mass is 16.6. The molecule has 0 heterocycles. The Kier molecular flexibility index (Phi) is 9.38. The molecular formula is C18H34O4. The van der Waals surface area contributed by atoms with E-state index in [0.717, 1.165) is 19.3 Å². The van der Waals surface area contributed by atoms with Crippen molar-refractivity contribution >= 4 is 11.9 Å². The molecule has 0 radical (unpaired) electrons. The highest BCUT2D eigenvalue weighted by Crippen LogP contribution is 2.25. The SMILES string of the molecule is CCCC(OC(=O)CCC(=O)OC(CC)C(C)(C)C)C(C)C. The second-order valence-corrected chi connectivity index (χ2v) is 7.31. The third kappa shape index (κ3) is 8.40. The molecule has 0 aliphatic heterocycles. The Morgan fingerprint density at radius 2 is 1.45 bits per heavy atom. The van der Waals surface area contributed by atoms with Crippen LogP contribution < -0.4 is 0 Å². The molecular weight excluding hydrogens is 280 g/mol. The molecule has 0 aromatic carbocycles. The topological polar surface area (TPSA) is 52.6 Å². The van der Waals surface area contributed by atoms with Gasteiger partial charge in [-0.25, -0.2) is 0 Å². The van der Waals surface area contributed by atoms with E-state index in [1.807, 2.05) is 41.5 Å². The van der Waals surface area contributed by atoms with Crippen molar-refractivity contribution in [1.82, 2.24) is 0 Å². The summed E-state index contributed by atoms with van der Waals surface area (Å²) in [6.45, 7) is 14.3. The molecule has 130 valence electrons. The third-order valence-corrected chi connectivity index (χ3v) is 3.74. The molecule has 0 aromatic rings. The zero-order valence-electron chi connectivity index (χ0n) is 15.4. The molecule has 22 heavy (non-hydrogen) atoms. The van der Waals surface area contributed by atoms with E-state index in [2.05, 4.69) is 6.92 Å². The molecule has 0 amide bonds. The van der Waals surface area contributed by atoms with Crippen molar-refractivity contribution < 1.29 is 19.1 Å². The lowest BCUT2D eigenvalue weighted by atomic mass is 9.87. The van der Waals surface area contributed by atoms with Gasteiger partial charge in [0.2, 0.25) is 0 Å². The first-order valence-corrected chi connectivity index (χ1v) is 8.50. The summed E-state index contributed by atoms with van der Waals surface area (Å²) in [6, 6.07) is 0. The van der Waals surface area contributed by atoms with Crippen LogP contribution in [0.15, 0.2) is 0 Å². The maximum atomic E-state index is 11.9. The molecule has 0 spiro atoms. The molecule has 0 rings (SSSR count). The van der Waals surface area contributed by atoms with Gasteiger partial charge in [-0.05, 0) is 24.2 Å². The Morgan fingerprint density at radius 3 is 1.82 bits per heavy atom. The maximum absolute atomic E-state index is 11.9. The van der Waals surface area contributed by atoms with Crippen molar-refractivity contribution in [3.63, 3.8) is 0 Å². The second-order valence-electron chi connectivity index (χ2n) is 7.31. The smallest absolute Gasteiger partial charge is 0.306 e. The number of carbonyl (C=O) groups is 2. The largest absolute Gasteiger partial charge is 0.462 e. The van der Waals surface area contributed by atoms with Gasteiger partial charge in [0.1, 0.15) is 12.2 Å². The van der Waals surface area contributed by atoms with Crippen LogP contribution in [0.1, 0.15) is 80.6 Å². The lowest BCUT2D eigenvalue weighted by molar-refractivity contribution is -0.160. The van der Waals surface area contributed by atoms with Crippen molar-refractivity contribution in [3.8, 4) is 0 Å². The van der Waals surface area contributed by atoms with E-state index in [-0.39, 0.29) is 42.4 Å². The number of hydrogen-bond acceptors (Lipinski definition) is 4. The van der Waals surface area contributed by atoms with E-state index in [1.54, 1.807) is 0 Å². The van der Waals surface area contributed by atoms with E-state index in [9.17, 15) is 9.59 Å². The van der Waals surface area contributed by atoms with Gasteiger partial charge in [-0.2, -0.15) is 0 Å². The van der Waals surface area contributed by atoms with Crippen LogP contribution in [0.25, 0.3) is 0 Å². The Morgan fingerprint density at radius 1 is 0.955 bits per heavy atom. The fraction of sp³-hybridized carbons (Fsp3) is 0.889. The maximum Gasteiger partial charge on any atom is 0.306 e. The number of ether oxygens (including phenoxy) is 2. The van der Waals surface area contributed by atoms with Gasteiger partial charge in [0.25, 0.3) is 0 Å². The molecule has 0 saturated heterocycles. The van der Waals surface area contributed by atoms with Crippen LogP contribution in [0.2, 0.25) is 0 Å². The number of esters is 2. The van der Waals surface area contributed by atoms with Crippen molar-refractivity contribution in [2.24, 2.45) is 11.3 Å². The summed E-state index contributed by atoms with van der Waals surface area (Å²) in [4.78, 5) is 23.7. The first-order chi connectivity index (χ1) is 10.1. The van der Waals surface area contributed by atoms with Gasteiger partial charge in [0.05, 0.1) is 12.8 Å². The highest BCUT2D eigenvalue weighted by Gasteiger charge is 2.27. The van der Waals surface area contributed by atoms with Gasteiger partial charge in [0.15, 0.2) is 0 Å². The van der Waals surface area contributed by atoms with Crippen molar-refractivity contribution in [2.75, 3.05) is 0 Å². The minimum atomic E-state index is -0.324. The molecule has 4 heteroatoms. The Labute approximate surface area is 135 Å². The summed E-state index contributed by atoms with van der Waals surface area (Å²) in [7, 11) is 0. The Hall–Kier alpha value is -1.06. The minimum Gasteiger partial charge on any atom is -0.462 e. The zero-order chi connectivity index (χ0) is 17.3. The van der Waals surface area contributed by atoms with Gasteiger partial charge >= 0.3 is 11.9 Å². The molecule has 2 atom stereocenters. The summed E-state index contributed by atoms with van der Waals surface area (Å²) in [5, 5.41) is 0. The van der Waals surface area contributed by atoms with E-state index < -0.39 is 0 Å². The Bertz CT molecular complexity index is 341. The average Bonchev–Trinajstić information content (AvgIpc) is 2.40. The summed E-state index contributed by atoms with van der Waals surface area (Å²) < 4.78 is 10.9. The van der Waals surface area contributed by atoms with Gasteiger partial charge in [0, 0.05) is 0 Å². The van der Waals surface area contributed by atoms with Crippen LogP contribution in [0.3, 0.4) is 0 Å². The lowest BCUT2D eigenvalue weighted by Gasteiger charge is -2.29. The molecule has 4 nitrogen and oxygen atoms in total. The van der Waals surface area contributed by atoms with Gasteiger partial charge in [-0.15, -0.1) is 0 Å². The standard InChI is InChI=1S/C18H34O4/c1-8-10-14(13(3)4)21-16(19)11-12-17(20)22-15(9-2)18(5,6)7/h13-15H,8-12H2,1-7H3. The quantitative estimate of drug-likeness (QED) is 0.588. The zero-order valence-corrected chi connectivity index (χ0v) is 15.4. The molecule has 0 aliphatic rings. The van der Waals surface area contributed by atoms with Crippen molar-refractivity contribution in [3.05, 3.63) is 0 Å². The molecule has 0 aliphatic carbocycles. The van der Waals surface area contributed by atoms with Crippen LogP contribution in [0.4, 0.5) is 0 Å². The molecule has 0 bridgehead atoms. The molecule has 2 unspecified atom stereocenters. The molecule has 0 fully saturated rings. The monoisotopic (exact) mass is 314 g/mol. The van der Waals surface area contributed by atoms with E-state index in [0.29, 0.717) is 5.92 Å². The summed E-state index contributed by atoms with van der Waals surface area (Å²) in [5.74, 6) is -0.343. The first kappa shape index (κ1) is 20.9. The van der Waals surface area contributed by atoms with Crippen molar-refractivity contribution in [1.29, 1.82) is 0 Å². The van der Waals surface area contributed by atoms with E-state index >= 15 is 0 Å². The van der Waals surface area contributed by atoms with E-state index in [4.69, 9.17) is 9.47 Å². The highest BCUT2D eigenvalue weighted by molar-refractivity contribution is 5.77. The van der Waals surface area contributed by atoms with Crippen LogP contribution >= 0.6 is 0 Å². The predicted molar refractivity (Wildman–Crippen MR) is 88.5 cm³/mol. The fourth-order valence-electron chi connectivity index (χ4n) is 2.33. The van der Waals surface area contributed by atoms with Crippen LogP contribution in [-0.2, 0) is 19.1 Å². The second kappa shape index (κ2) is 9.86. The van der Waals surface area contributed by atoms with Crippen LogP contribution in [0.5, 0.6) is 0 Å². The van der Waals surface area contributed by atoms with Crippen LogP contribution in [0, 0.1) is 11.3 Å². The van der Waals surface area contributed by atoms with Gasteiger partial charge < -0.3 is 9.47 Å². The summed E-state index contributed by atoms with van der Waals surface area (Å²) in [6.07, 6.45) is 2.59. The van der Waals surface area contributed by atoms with Gasteiger partial charge in [-0.3, -0.25) is 9.59 Å². The summed E-state index contributed by atoms with van der Waals surface area (Å²) >= 11 is 0. The predicted octanol–water partition coefficient (Wildman–Crippen LogP) is 4.50. The number of carbonyl (C=O) groups excluding carboxylic acids is 2. The molecule has 0 saturated carbocycles. The molecule has 0 N–H and O–H groups in total. The minimum absolute atomic E-state index is 0.0634. The number of rotatable bonds is 9. The lowest BCUT2D eigenvalue weighted by Crippen LogP contribution is -2.31. The van der Waals surface area contributed by atoms with Crippen LogP contribution in [-0.4, -0.2) is 24.1 Å². The fourth-order valence-corrected chi connectivity index (χ4v) is 2.33. The van der Waals surface area contributed by atoms with Crippen molar-refractivity contribution in [2.45, 2.75) is 92.8 Å². The number of hydrogen-bond donors (Lipinski definition) is 0.